The lowest BCUT2D eigenvalue weighted by atomic mass is 9.85. The molecule has 6 nitrogen and oxygen atoms in total. The summed E-state index contributed by atoms with van der Waals surface area (Å²) in [5.74, 6) is 0.0734. The number of hydrogen-bond acceptors (Lipinski definition) is 6. The van der Waals surface area contributed by atoms with Crippen molar-refractivity contribution in [2.24, 2.45) is 11.8 Å². The number of rotatable bonds is 7. The van der Waals surface area contributed by atoms with Gasteiger partial charge in [0.25, 0.3) is 0 Å². The summed E-state index contributed by atoms with van der Waals surface area (Å²) in [7, 11) is 2.88. The molecule has 0 aliphatic heterocycles. The van der Waals surface area contributed by atoms with Crippen molar-refractivity contribution in [3.8, 4) is 34.5 Å². The second kappa shape index (κ2) is 8.08. The van der Waals surface area contributed by atoms with Gasteiger partial charge >= 0.3 is 0 Å². The minimum absolute atomic E-state index is 0.201. The first-order valence-electron chi connectivity index (χ1n) is 8.44. The normalized spacial score (nSPS) is 13.2. The second-order valence-corrected chi connectivity index (χ2v) is 6.69. The fraction of sp³-hybridized carbons (Fsp3) is 0.400. The van der Waals surface area contributed by atoms with Gasteiger partial charge in [0.1, 0.15) is 0 Å². The van der Waals surface area contributed by atoms with Crippen LogP contribution in [0.25, 0.3) is 0 Å². The average molecular weight is 362 g/mol. The maximum absolute atomic E-state index is 9.82. The van der Waals surface area contributed by atoms with E-state index in [4.69, 9.17) is 9.47 Å². The summed E-state index contributed by atoms with van der Waals surface area (Å²) in [6.45, 7) is 4.19. The molecule has 0 bridgehead atoms. The Morgan fingerprint density at radius 3 is 1.35 bits per heavy atom. The van der Waals surface area contributed by atoms with E-state index in [1.165, 1.54) is 26.4 Å². The third kappa shape index (κ3) is 4.25. The molecule has 4 N–H and O–H groups in total. The van der Waals surface area contributed by atoms with Crippen molar-refractivity contribution in [2.45, 2.75) is 26.7 Å². The first kappa shape index (κ1) is 19.6. The number of hydrogen-bond donors (Lipinski definition) is 4. The lowest BCUT2D eigenvalue weighted by Crippen LogP contribution is -2.14. The molecule has 2 atom stereocenters. The molecule has 0 amide bonds. The number of phenolic OH excluding ortho intramolecular Hbond substituents is 4. The van der Waals surface area contributed by atoms with Crippen LogP contribution in [0.3, 0.4) is 0 Å². The zero-order valence-electron chi connectivity index (χ0n) is 15.5. The van der Waals surface area contributed by atoms with E-state index in [0.29, 0.717) is 12.8 Å². The smallest absolute Gasteiger partial charge is 0.200 e. The summed E-state index contributed by atoms with van der Waals surface area (Å²) < 4.78 is 10.2. The first-order valence-corrected chi connectivity index (χ1v) is 8.44. The van der Waals surface area contributed by atoms with E-state index < -0.39 is 0 Å². The number of benzene rings is 2. The highest BCUT2D eigenvalue weighted by Gasteiger charge is 2.18. The Bertz CT molecular complexity index is 706. The van der Waals surface area contributed by atoms with Crippen LogP contribution in [-0.4, -0.2) is 34.6 Å². The fourth-order valence-corrected chi connectivity index (χ4v) is 2.99. The largest absolute Gasteiger partial charge is 0.504 e. The summed E-state index contributed by atoms with van der Waals surface area (Å²) in [5, 5.41) is 39.1. The molecule has 0 saturated carbocycles. The molecule has 0 aliphatic rings. The van der Waals surface area contributed by atoms with Crippen LogP contribution in [0.1, 0.15) is 25.0 Å². The van der Waals surface area contributed by atoms with Crippen LogP contribution in [0, 0.1) is 11.8 Å². The van der Waals surface area contributed by atoms with Gasteiger partial charge in [-0.25, -0.2) is 0 Å². The van der Waals surface area contributed by atoms with E-state index in [0.717, 1.165) is 11.1 Å². The van der Waals surface area contributed by atoms with E-state index >= 15 is 0 Å². The number of ether oxygens (including phenoxy) is 2. The van der Waals surface area contributed by atoms with Gasteiger partial charge < -0.3 is 29.9 Å². The van der Waals surface area contributed by atoms with E-state index in [1.807, 2.05) is 0 Å². The van der Waals surface area contributed by atoms with Gasteiger partial charge in [-0.3, -0.25) is 0 Å². The molecule has 2 aromatic carbocycles. The molecule has 6 heteroatoms. The number of aromatic hydroxyl groups is 4. The predicted octanol–water partition coefficient (Wildman–Crippen LogP) is 3.58. The van der Waals surface area contributed by atoms with Gasteiger partial charge in [-0.1, -0.05) is 13.8 Å². The van der Waals surface area contributed by atoms with Crippen LogP contribution in [0.5, 0.6) is 34.5 Å². The lowest BCUT2D eigenvalue weighted by Gasteiger charge is -2.21. The third-order valence-corrected chi connectivity index (χ3v) is 4.76. The summed E-state index contributed by atoms with van der Waals surface area (Å²) in [6, 6.07) is 6.51. The Morgan fingerprint density at radius 2 is 1.04 bits per heavy atom. The Kier molecular flexibility index (Phi) is 6.08. The Labute approximate surface area is 153 Å². The van der Waals surface area contributed by atoms with Crippen LogP contribution in [0.4, 0.5) is 0 Å². The van der Waals surface area contributed by atoms with Gasteiger partial charge in [0, 0.05) is 0 Å². The van der Waals surface area contributed by atoms with Crippen LogP contribution >= 0.6 is 0 Å². The fourth-order valence-electron chi connectivity index (χ4n) is 2.99. The van der Waals surface area contributed by atoms with Crippen molar-refractivity contribution in [3.63, 3.8) is 0 Å². The maximum Gasteiger partial charge on any atom is 0.200 e. The average Bonchev–Trinajstić information content (AvgIpc) is 2.60. The minimum atomic E-state index is -0.261. The number of methoxy groups -OCH3 is 2. The molecule has 2 rings (SSSR count). The lowest BCUT2D eigenvalue weighted by molar-refractivity contribution is 0.344. The van der Waals surface area contributed by atoms with E-state index in [2.05, 4.69) is 13.8 Å². The molecular weight excluding hydrogens is 336 g/mol. The predicted molar refractivity (Wildman–Crippen MR) is 98.4 cm³/mol. The zero-order valence-corrected chi connectivity index (χ0v) is 15.5. The van der Waals surface area contributed by atoms with Gasteiger partial charge in [-0.05, 0) is 60.1 Å². The second-order valence-electron chi connectivity index (χ2n) is 6.69. The monoisotopic (exact) mass is 362 g/mol. The van der Waals surface area contributed by atoms with Gasteiger partial charge in [0.2, 0.25) is 11.5 Å². The Balaban J connectivity index is 2.12. The van der Waals surface area contributed by atoms with E-state index in [1.54, 1.807) is 12.1 Å². The molecule has 0 saturated heterocycles. The molecular formula is C20H26O6. The summed E-state index contributed by atoms with van der Waals surface area (Å²) in [4.78, 5) is 0. The van der Waals surface area contributed by atoms with Crippen LogP contribution in [0.2, 0.25) is 0 Å². The van der Waals surface area contributed by atoms with Gasteiger partial charge in [0.05, 0.1) is 14.2 Å². The highest BCUT2D eigenvalue weighted by atomic mass is 16.5. The molecule has 2 unspecified atom stereocenters. The zero-order chi connectivity index (χ0) is 19.4. The SMILES string of the molecule is COc1cc(CC(C)C(C)Cc2cc(O)c(O)c(OC)c2)cc(O)c1O. The molecule has 0 heterocycles. The first-order chi connectivity index (χ1) is 12.3. The van der Waals surface area contributed by atoms with Crippen molar-refractivity contribution < 1.29 is 29.9 Å². The van der Waals surface area contributed by atoms with Crippen molar-refractivity contribution in [1.82, 2.24) is 0 Å². The highest BCUT2D eigenvalue weighted by molar-refractivity contribution is 5.53. The van der Waals surface area contributed by atoms with Crippen molar-refractivity contribution >= 4 is 0 Å². The minimum Gasteiger partial charge on any atom is -0.504 e. The van der Waals surface area contributed by atoms with Crippen molar-refractivity contribution in [3.05, 3.63) is 35.4 Å². The van der Waals surface area contributed by atoms with Crippen molar-refractivity contribution in [2.75, 3.05) is 14.2 Å². The summed E-state index contributed by atoms with van der Waals surface area (Å²) >= 11 is 0. The molecule has 26 heavy (non-hydrogen) atoms. The van der Waals surface area contributed by atoms with Crippen LogP contribution < -0.4 is 9.47 Å². The van der Waals surface area contributed by atoms with Gasteiger partial charge in [-0.2, -0.15) is 0 Å². The third-order valence-electron chi connectivity index (χ3n) is 4.76. The maximum atomic E-state index is 9.82. The molecule has 0 aliphatic carbocycles. The van der Waals surface area contributed by atoms with Gasteiger partial charge in [-0.15, -0.1) is 0 Å². The highest BCUT2D eigenvalue weighted by Crippen LogP contribution is 2.39. The van der Waals surface area contributed by atoms with Crippen molar-refractivity contribution in [1.29, 1.82) is 0 Å². The van der Waals surface area contributed by atoms with E-state index in [-0.39, 0.29) is 46.3 Å². The van der Waals surface area contributed by atoms with Crippen LogP contribution in [0.15, 0.2) is 24.3 Å². The standard InChI is InChI=1S/C20H26O6/c1-11(5-13-7-15(21)19(23)17(9-13)25-3)12(2)6-14-8-16(22)20(24)18(10-14)26-4/h7-12,21-24H,5-6H2,1-4H3. The molecule has 2 aromatic rings. The molecule has 0 spiro atoms. The van der Waals surface area contributed by atoms with E-state index in [9.17, 15) is 20.4 Å². The summed E-state index contributed by atoms with van der Waals surface area (Å²) in [6.07, 6.45) is 1.37. The van der Waals surface area contributed by atoms with Gasteiger partial charge in [0.15, 0.2) is 23.0 Å². The Hall–Kier alpha value is -2.76. The van der Waals surface area contributed by atoms with Crippen LogP contribution in [-0.2, 0) is 12.8 Å². The number of phenols is 4. The Morgan fingerprint density at radius 1 is 0.692 bits per heavy atom. The molecule has 0 aromatic heterocycles. The summed E-state index contributed by atoms with van der Waals surface area (Å²) in [5.41, 5.74) is 1.73. The molecule has 0 radical (unpaired) electrons. The topological polar surface area (TPSA) is 99.4 Å². The molecule has 142 valence electrons. The molecule has 0 fully saturated rings. The quantitative estimate of drug-likeness (QED) is 0.562.